The van der Waals surface area contributed by atoms with Crippen LogP contribution in [0.25, 0.3) is 0 Å². The van der Waals surface area contributed by atoms with Crippen molar-refractivity contribution in [3.63, 3.8) is 0 Å². The first kappa shape index (κ1) is 14.1. The van der Waals surface area contributed by atoms with Gasteiger partial charge in [0.2, 0.25) is 0 Å². The van der Waals surface area contributed by atoms with E-state index in [2.05, 4.69) is 40.8 Å². The Hall–Kier alpha value is -1.88. The summed E-state index contributed by atoms with van der Waals surface area (Å²) in [4.78, 5) is 0. The topological polar surface area (TPSA) is 52.0 Å². The minimum Gasteiger partial charge on any atom is -0.493 e. The molecule has 2 heterocycles. The first-order valence-corrected chi connectivity index (χ1v) is 7.64. The molecule has 0 fully saturated rings. The Morgan fingerprint density at radius 1 is 1.43 bits per heavy atom. The Bertz CT molecular complexity index is 568. The van der Waals surface area contributed by atoms with E-state index in [4.69, 9.17) is 4.74 Å². The van der Waals surface area contributed by atoms with Crippen LogP contribution in [0, 0.1) is 6.92 Å². The van der Waals surface area contributed by atoms with Crippen LogP contribution < -0.4 is 10.1 Å². The number of aryl methyl sites for hydroxylation is 2. The SMILES string of the molecule is Cc1cccc2c1OCCCC2NCCCn1ccnn1. The number of aromatic nitrogens is 3. The van der Waals surface area contributed by atoms with Crippen molar-refractivity contribution < 1.29 is 4.74 Å². The van der Waals surface area contributed by atoms with Crippen LogP contribution in [-0.4, -0.2) is 28.1 Å². The van der Waals surface area contributed by atoms with Crippen molar-refractivity contribution in [3.05, 3.63) is 41.7 Å². The molecule has 21 heavy (non-hydrogen) atoms. The van der Waals surface area contributed by atoms with Crippen LogP contribution in [0.3, 0.4) is 0 Å². The van der Waals surface area contributed by atoms with Crippen LogP contribution in [-0.2, 0) is 6.54 Å². The zero-order valence-corrected chi connectivity index (χ0v) is 12.5. The van der Waals surface area contributed by atoms with Crippen molar-refractivity contribution in [1.29, 1.82) is 0 Å². The summed E-state index contributed by atoms with van der Waals surface area (Å²) < 4.78 is 7.78. The zero-order valence-electron chi connectivity index (χ0n) is 12.5. The third kappa shape index (κ3) is 3.42. The number of nitrogens with zero attached hydrogens (tertiary/aromatic N) is 3. The third-order valence-corrected chi connectivity index (χ3v) is 3.93. The smallest absolute Gasteiger partial charge is 0.126 e. The van der Waals surface area contributed by atoms with E-state index in [0.29, 0.717) is 6.04 Å². The van der Waals surface area contributed by atoms with Gasteiger partial charge in [-0.3, -0.25) is 4.68 Å². The van der Waals surface area contributed by atoms with E-state index >= 15 is 0 Å². The maximum absolute atomic E-state index is 5.91. The number of nitrogens with one attached hydrogen (secondary N) is 1. The molecular weight excluding hydrogens is 264 g/mol. The molecule has 0 bridgehead atoms. The summed E-state index contributed by atoms with van der Waals surface area (Å²) in [5, 5.41) is 11.5. The van der Waals surface area contributed by atoms with Crippen molar-refractivity contribution in [3.8, 4) is 5.75 Å². The van der Waals surface area contributed by atoms with E-state index in [1.165, 1.54) is 11.1 Å². The Kier molecular flexibility index (Phi) is 4.50. The van der Waals surface area contributed by atoms with Gasteiger partial charge in [-0.15, -0.1) is 5.10 Å². The number of benzene rings is 1. The largest absolute Gasteiger partial charge is 0.493 e. The molecule has 0 saturated carbocycles. The Morgan fingerprint density at radius 3 is 3.24 bits per heavy atom. The number of ether oxygens (including phenoxy) is 1. The minimum absolute atomic E-state index is 0.387. The fourth-order valence-corrected chi connectivity index (χ4v) is 2.85. The highest BCUT2D eigenvalue weighted by atomic mass is 16.5. The van der Waals surface area contributed by atoms with Gasteiger partial charge in [0.15, 0.2) is 0 Å². The molecule has 0 aliphatic carbocycles. The summed E-state index contributed by atoms with van der Waals surface area (Å²) in [6.45, 7) is 4.80. The van der Waals surface area contributed by atoms with E-state index in [1.54, 1.807) is 6.20 Å². The van der Waals surface area contributed by atoms with Crippen molar-refractivity contribution in [2.24, 2.45) is 0 Å². The Morgan fingerprint density at radius 2 is 2.38 bits per heavy atom. The molecule has 5 nitrogen and oxygen atoms in total. The van der Waals surface area contributed by atoms with Crippen molar-refractivity contribution >= 4 is 0 Å². The molecule has 1 aromatic heterocycles. The monoisotopic (exact) mass is 286 g/mol. The molecule has 0 radical (unpaired) electrons. The highest BCUT2D eigenvalue weighted by Gasteiger charge is 2.20. The first-order valence-electron chi connectivity index (χ1n) is 7.64. The number of hydrogen-bond donors (Lipinski definition) is 1. The van der Waals surface area contributed by atoms with Gasteiger partial charge in [-0.2, -0.15) is 0 Å². The Labute approximate surface area is 125 Å². The lowest BCUT2D eigenvalue weighted by Gasteiger charge is -2.19. The number of hydrogen-bond acceptors (Lipinski definition) is 4. The van der Waals surface area contributed by atoms with E-state index in [-0.39, 0.29) is 0 Å². The lowest BCUT2D eigenvalue weighted by molar-refractivity contribution is 0.313. The second kappa shape index (κ2) is 6.72. The number of rotatable bonds is 5. The van der Waals surface area contributed by atoms with Gasteiger partial charge in [-0.25, -0.2) is 0 Å². The van der Waals surface area contributed by atoms with Crippen molar-refractivity contribution in [2.75, 3.05) is 13.2 Å². The van der Waals surface area contributed by atoms with E-state index < -0.39 is 0 Å². The van der Waals surface area contributed by atoms with E-state index in [0.717, 1.165) is 44.7 Å². The molecule has 0 spiro atoms. The van der Waals surface area contributed by atoms with Gasteiger partial charge in [0.1, 0.15) is 5.75 Å². The summed E-state index contributed by atoms with van der Waals surface area (Å²) in [5.74, 6) is 1.07. The van der Waals surface area contributed by atoms with Crippen LogP contribution in [0.1, 0.15) is 36.4 Å². The lowest BCUT2D eigenvalue weighted by Crippen LogP contribution is -2.23. The highest BCUT2D eigenvalue weighted by Crippen LogP contribution is 2.33. The normalized spacial score (nSPS) is 17.9. The fraction of sp³-hybridized carbons (Fsp3) is 0.500. The lowest BCUT2D eigenvalue weighted by atomic mass is 10.00. The second-order valence-corrected chi connectivity index (χ2v) is 5.51. The molecule has 1 aromatic carbocycles. The summed E-state index contributed by atoms with van der Waals surface area (Å²) in [6, 6.07) is 6.81. The molecule has 1 atom stereocenters. The van der Waals surface area contributed by atoms with Crippen LogP contribution >= 0.6 is 0 Å². The van der Waals surface area contributed by atoms with Gasteiger partial charge >= 0.3 is 0 Å². The fourth-order valence-electron chi connectivity index (χ4n) is 2.85. The molecule has 2 aromatic rings. The summed E-state index contributed by atoms with van der Waals surface area (Å²) in [5.41, 5.74) is 2.53. The molecule has 5 heteroatoms. The van der Waals surface area contributed by atoms with Crippen LogP contribution in [0.5, 0.6) is 5.75 Å². The van der Waals surface area contributed by atoms with Crippen molar-refractivity contribution in [2.45, 2.75) is 38.8 Å². The zero-order chi connectivity index (χ0) is 14.5. The molecule has 1 aliphatic heterocycles. The molecule has 1 unspecified atom stereocenters. The average Bonchev–Trinajstić information content (AvgIpc) is 2.91. The summed E-state index contributed by atoms with van der Waals surface area (Å²) in [7, 11) is 0. The minimum atomic E-state index is 0.387. The maximum atomic E-state index is 5.91. The molecule has 1 aliphatic rings. The molecule has 0 amide bonds. The molecule has 0 saturated heterocycles. The van der Waals surface area contributed by atoms with E-state index in [1.807, 2.05) is 10.9 Å². The second-order valence-electron chi connectivity index (χ2n) is 5.51. The number of fused-ring (bicyclic) bond motifs is 1. The predicted octanol–water partition coefficient (Wildman–Crippen LogP) is 2.48. The molecule has 1 N–H and O–H groups in total. The highest BCUT2D eigenvalue weighted by molar-refractivity contribution is 5.43. The van der Waals surface area contributed by atoms with Crippen LogP contribution in [0.4, 0.5) is 0 Å². The molecular formula is C16H22N4O. The summed E-state index contributed by atoms with van der Waals surface area (Å²) >= 11 is 0. The quantitative estimate of drug-likeness (QED) is 0.858. The van der Waals surface area contributed by atoms with Crippen molar-refractivity contribution in [1.82, 2.24) is 20.3 Å². The van der Waals surface area contributed by atoms with Crippen LogP contribution in [0.15, 0.2) is 30.6 Å². The maximum Gasteiger partial charge on any atom is 0.126 e. The Balaban J connectivity index is 1.59. The first-order chi connectivity index (χ1) is 10.3. The van der Waals surface area contributed by atoms with Gasteiger partial charge in [-0.1, -0.05) is 23.4 Å². The van der Waals surface area contributed by atoms with Gasteiger partial charge in [0.25, 0.3) is 0 Å². The van der Waals surface area contributed by atoms with Gasteiger partial charge in [0.05, 0.1) is 12.8 Å². The summed E-state index contributed by atoms with van der Waals surface area (Å²) in [6.07, 6.45) is 6.88. The number of para-hydroxylation sites is 1. The van der Waals surface area contributed by atoms with Gasteiger partial charge < -0.3 is 10.1 Å². The van der Waals surface area contributed by atoms with Crippen LogP contribution in [0.2, 0.25) is 0 Å². The molecule has 3 rings (SSSR count). The van der Waals surface area contributed by atoms with E-state index in [9.17, 15) is 0 Å². The average molecular weight is 286 g/mol. The standard InChI is InChI=1S/C16H22N4O/c1-13-5-2-6-14-15(7-3-12-21-16(13)14)17-8-4-10-20-11-9-18-19-20/h2,5-6,9,11,15,17H,3-4,7-8,10,12H2,1H3. The third-order valence-electron chi connectivity index (χ3n) is 3.93. The molecule has 112 valence electrons. The van der Waals surface area contributed by atoms with Gasteiger partial charge in [-0.05, 0) is 38.3 Å². The van der Waals surface area contributed by atoms with Gasteiger partial charge in [0, 0.05) is 24.3 Å². The predicted molar refractivity (Wildman–Crippen MR) is 81.3 cm³/mol.